The second-order valence-corrected chi connectivity index (χ2v) is 15.0. The molecule has 0 aromatic rings. The second-order valence-electron chi connectivity index (χ2n) is 10.2. The topological polar surface area (TPSA) is 9.23 Å². The van der Waals surface area contributed by atoms with Crippen LogP contribution >= 0.6 is 0 Å². The minimum Gasteiger partial charge on any atom is -0.417 e. The summed E-state index contributed by atoms with van der Waals surface area (Å²) in [6, 6.07) is 0. The van der Waals surface area contributed by atoms with Crippen molar-refractivity contribution in [2.45, 2.75) is 143 Å². The van der Waals surface area contributed by atoms with Gasteiger partial charge in [-0.05, 0) is 30.5 Å². The first-order chi connectivity index (χ1) is 12.2. The molecular weight excluding hydrogens is 332 g/mol. The van der Waals surface area contributed by atoms with E-state index >= 15 is 0 Å². The van der Waals surface area contributed by atoms with Gasteiger partial charge in [0.1, 0.15) is 0 Å². The average molecular weight is 385 g/mol. The Balaban J connectivity index is 3.30. The first kappa shape index (κ1) is 26.2. The van der Waals surface area contributed by atoms with Gasteiger partial charge in [-0.2, -0.15) is 0 Å². The summed E-state index contributed by atoms with van der Waals surface area (Å²) in [7, 11) is -1.52. The molecular formula is C24H52OSi. The first-order valence-corrected chi connectivity index (χ1v) is 14.8. The molecule has 1 unspecified atom stereocenters. The van der Waals surface area contributed by atoms with E-state index in [0.717, 1.165) is 12.5 Å². The third kappa shape index (κ3) is 14.3. The van der Waals surface area contributed by atoms with Crippen LogP contribution in [0.15, 0.2) is 0 Å². The van der Waals surface area contributed by atoms with Crippen LogP contribution in [0.1, 0.15) is 125 Å². The van der Waals surface area contributed by atoms with Crippen molar-refractivity contribution in [1.82, 2.24) is 0 Å². The van der Waals surface area contributed by atoms with Crippen LogP contribution in [0.5, 0.6) is 0 Å². The maximum absolute atomic E-state index is 6.25. The Hall–Kier alpha value is 0.177. The lowest BCUT2D eigenvalue weighted by Gasteiger charge is -2.36. The summed E-state index contributed by atoms with van der Waals surface area (Å²) in [5.74, 6) is 0.954. The molecule has 0 aromatic heterocycles. The molecule has 0 aliphatic rings. The molecule has 0 heterocycles. The highest BCUT2D eigenvalue weighted by molar-refractivity contribution is 6.74. The molecule has 158 valence electrons. The summed E-state index contributed by atoms with van der Waals surface area (Å²) in [5, 5.41) is 0.348. The van der Waals surface area contributed by atoms with Crippen LogP contribution in [-0.2, 0) is 4.43 Å². The molecule has 0 radical (unpaired) electrons. The molecule has 1 nitrogen and oxygen atoms in total. The van der Waals surface area contributed by atoms with Crippen LogP contribution in [0.2, 0.25) is 18.1 Å². The number of hydrogen-bond donors (Lipinski definition) is 0. The lowest BCUT2D eigenvalue weighted by Crippen LogP contribution is -2.40. The van der Waals surface area contributed by atoms with E-state index in [1.807, 2.05) is 0 Å². The number of rotatable bonds is 17. The van der Waals surface area contributed by atoms with Gasteiger partial charge in [0, 0.05) is 6.61 Å². The van der Waals surface area contributed by atoms with Crippen molar-refractivity contribution in [2.24, 2.45) is 5.92 Å². The molecule has 0 saturated carbocycles. The van der Waals surface area contributed by atoms with Gasteiger partial charge in [0.05, 0.1) is 0 Å². The molecule has 0 spiro atoms. The molecule has 26 heavy (non-hydrogen) atoms. The van der Waals surface area contributed by atoms with Gasteiger partial charge >= 0.3 is 0 Å². The molecule has 0 aliphatic heterocycles. The van der Waals surface area contributed by atoms with Crippen molar-refractivity contribution in [3.63, 3.8) is 0 Å². The highest BCUT2D eigenvalue weighted by atomic mass is 28.4. The van der Waals surface area contributed by atoms with Crippen LogP contribution in [0.4, 0.5) is 0 Å². The van der Waals surface area contributed by atoms with Crippen LogP contribution in [0, 0.1) is 5.92 Å². The van der Waals surface area contributed by atoms with E-state index in [2.05, 4.69) is 47.7 Å². The first-order valence-electron chi connectivity index (χ1n) is 11.8. The molecule has 0 aromatic carbocycles. The van der Waals surface area contributed by atoms with Crippen molar-refractivity contribution in [1.29, 1.82) is 0 Å². The zero-order valence-electron chi connectivity index (χ0n) is 19.6. The zero-order chi connectivity index (χ0) is 19.9. The van der Waals surface area contributed by atoms with Crippen molar-refractivity contribution in [3.8, 4) is 0 Å². The van der Waals surface area contributed by atoms with Crippen LogP contribution in [0.25, 0.3) is 0 Å². The van der Waals surface area contributed by atoms with Gasteiger partial charge < -0.3 is 4.43 Å². The highest BCUT2D eigenvalue weighted by Crippen LogP contribution is 2.36. The lowest BCUT2D eigenvalue weighted by atomic mass is 9.97. The van der Waals surface area contributed by atoms with Crippen molar-refractivity contribution in [2.75, 3.05) is 6.61 Å². The smallest absolute Gasteiger partial charge is 0.191 e. The van der Waals surface area contributed by atoms with E-state index in [0.29, 0.717) is 5.04 Å². The standard InChI is InChI=1S/C24H52OSi/c1-8-9-20-23(2)21-18-16-14-12-10-11-13-15-17-19-22-25-26(6,7)24(3,4)5/h23H,8-22H2,1-7H3. The van der Waals surface area contributed by atoms with Gasteiger partial charge in [0.2, 0.25) is 0 Å². The SMILES string of the molecule is CCCCC(C)CCCCCCCCCCCCO[Si](C)(C)C(C)(C)C. The highest BCUT2D eigenvalue weighted by Gasteiger charge is 2.36. The van der Waals surface area contributed by atoms with E-state index < -0.39 is 8.32 Å². The monoisotopic (exact) mass is 384 g/mol. The summed E-state index contributed by atoms with van der Waals surface area (Å²) in [6.07, 6.45) is 19.8. The summed E-state index contributed by atoms with van der Waals surface area (Å²) in [4.78, 5) is 0. The number of hydrogen-bond acceptors (Lipinski definition) is 1. The fourth-order valence-electron chi connectivity index (χ4n) is 3.25. The fraction of sp³-hybridized carbons (Fsp3) is 1.00. The Morgan fingerprint density at radius 1 is 0.692 bits per heavy atom. The maximum Gasteiger partial charge on any atom is 0.191 e. The maximum atomic E-state index is 6.25. The van der Waals surface area contributed by atoms with E-state index in [-0.39, 0.29) is 0 Å². The third-order valence-corrected chi connectivity index (χ3v) is 10.9. The van der Waals surface area contributed by atoms with Crippen LogP contribution < -0.4 is 0 Å². The Bertz CT molecular complexity index is 306. The van der Waals surface area contributed by atoms with Gasteiger partial charge in [-0.25, -0.2) is 0 Å². The van der Waals surface area contributed by atoms with Gasteiger partial charge in [-0.15, -0.1) is 0 Å². The summed E-state index contributed by atoms with van der Waals surface area (Å²) < 4.78 is 6.25. The minimum atomic E-state index is -1.52. The zero-order valence-corrected chi connectivity index (χ0v) is 20.6. The molecule has 0 N–H and O–H groups in total. The van der Waals surface area contributed by atoms with Crippen molar-refractivity contribution < 1.29 is 4.43 Å². The normalized spacial score (nSPS) is 14.0. The quantitative estimate of drug-likeness (QED) is 0.179. The average Bonchev–Trinajstić information content (AvgIpc) is 2.56. The summed E-state index contributed by atoms with van der Waals surface area (Å²) in [6.45, 7) is 17.4. The molecule has 0 aliphatic carbocycles. The Labute approximate surface area is 168 Å². The molecule has 0 saturated heterocycles. The van der Waals surface area contributed by atoms with Gasteiger partial charge in [0.15, 0.2) is 8.32 Å². The molecule has 0 rings (SSSR count). The number of unbranched alkanes of at least 4 members (excludes halogenated alkanes) is 10. The third-order valence-electron chi connectivity index (χ3n) is 6.41. The Morgan fingerprint density at radius 3 is 1.58 bits per heavy atom. The molecule has 0 amide bonds. The largest absolute Gasteiger partial charge is 0.417 e. The van der Waals surface area contributed by atoms with Gasteiger partial charge in [-0.1, -0.05) is 118 Å². The van der Waals surface area contributed by atoms with Crippen molar-refractivity contribution in [3.05, 3.63) is 0 Å². The Morgan fingerprint density at radius 2 is 1.12 bits per heavy atom. The van der Waals surface area contributed by atoms with Crippen LogP contribution in [0.3, 0.4) is 0 Å². The minimum absolute atomic E-state index is 0.348. The second kappa shape index (κ2) is 15.1. The molecule has 2 heteroatoms. The van der Waals surface area contributed by atoms with E-state index in [1.54, 1.807) is 0 Å². The fourth-order valence-corrected chi connectivity index (χ4v) is 4.34. The summed E-state index contributed by atoms with van der Waals surface area (Å²) in [5.41, 5.74) is 0. The Kier molecular flexibility index (Phi) is 15.2. The predicted molar refractivity (Wildman–Crippen MR) is 123 cm³/mol. The lowest BCUT2D eigenvalue weighted by molar-refractivity contribution is 0.277. The van der Waals surface area contributed by atoms with E-state index in [1.165, 1.54) is 89.9 Å². The molecule has 0 bridgehead atoms. The van der Waals surface area contributed by atoms with Gasteiger partial charge in [-0.3, -0.25) is 0 Å². The van der Waals surface area contributed by atoms with E-state index in [4.69, 9.17) is 4.43 Å². The molecule has 0 fully saturated rings. The summed E-state index contributed by atoms with van der Waals surface area (Å²) >= 11 is 0. The van der Waals surface area contributed by atoms with E-state index in [9.17, 15) is 0 Å². The van der Waals surface area contributed by atoms with Crippen molar-refractivity contribution >= 4 is 8.32 Å². The van der Waals surface area contributed by atoms with Crippen LogP contribution in [-0.4, -0.2) is 14.9 Å². The predicted octanol–water partition coefficient (Wildman–Crippen LogP) is 9.13. The van der Waals surface area contributed by atoms with Gasteiger partial charge in [0.25, 0.3) is 0 Å². The molecule has 1 atom stereocenters.